The molecule has 0 saturated carbocycles. The Balaban J connectivity index is 2.03. The summed E-state index contributed by atoms with van der Waals surface area (Å²) in [5.41, 5.74) is 3.22. The van der Waals surface area contributed by atoms with Crippen LogP contribution in [0.15, 0.2) is 42.5 Å². The third-order valence-corrected chi connectivity index (χ3v) is 5.06. The van der Waals surface area contributed by atoms with Crippen molar-refractivity contribution in [3.63, 3.8) is 0 Å². The molecule has 2 aliphatic rings. The molecule has 0 aromatic heterocycles. The minimum Gasteiger partial charge on any atom is -0.334 e. The molecule has 0 bridgehead atoms. The van der Waals surface area contributed by atoms with Crippen LogP contribution in [0, 0.1) is 5.82 Å². The summed E-state index contributed by atoms with van der Waals surface area (Å²) in [5.74, 6) is -0.232. The number of halogens is 1. The van der Waals surface area contributed by atoms with E-state index in [4.69, 9.17) is 0 Å². The number of fused-ring (bicyclic) bond motifs is 5. The standard InChI is InChI=1S/C18H16FNO/c1-18-10-11-6-5-9-14(19)15(11)16(18)20(2)17(21)12-7-3-4-8-13(12)18/h3-9,16H,10H2,1-2H3/t16-,18-/m1/s1. The zero-order valence-corrected chi connectivity index (χ0v) is 12.1. The summed E-state index contributed by atoms with van der Waals surface area (Å²) in [4.78, 5) is 14.3. The quantitative estimate of drug-likeness (QED) is 0.724. The molecular formula is C18H16FNO. The first-order valence-corrected chi connectivity index (χ1v) is 7.18. The lowest BCUT2D eigenvalue weighted by Gasteiger charge is -2.44. The Hall–Kier alpha value is -2.16. The molecule has 4 rings (SSSR count). The van der Waals surface area contributed by atoms with Crippen LogP contribution in [0.1, 0.15) is 40.0 Å². The molecule has 0 saturated heterocycles. The molecule has 0 fully saturated rings. The Morgan fingerprint density at radius 2 is 1.95 bits per heavy atom. The van der Waals surface area contributed by atoms with Gasteiger partial charge >= 0.3 is 0 Å². The molecule has 0 N–H and O–H groups in total. The van der Waals surface area contributed by atoms with Gasteiger partial charge in [-0.25, -0.2) is 4.39 Å². The second-order valence-electron chi connectivity index (χ2n) is 6.27. The van der Waals surface area contributed by atoms with E-state index in [0.29, 0.717) is 5.56 Å². The van der Waals surface area contributed by atoms with Crippen LogP contribution >= 0.6 is 0 Å². The first kappa shape index (κ1) is 12.6. The highest BCUT2D eigenvalue weighted by Crippen LogP contribution is 2.54. The maximum Gasteiger partial charge on any atom is 0.254 e. The maximum atomic E-state index is 14.4. The number of hydrogen-bond acceptors (Lipinski definition) is 1. The maximum absolute atomic E-state index is 14.4. The Bertz CT molecular complexity index is 770. The van der Waals surface area contributed by atoms with Crippen molar-refractivity contribution in [1.82, 2.24) is 4.90 Å². The summed E-state index contributed by atoms with van der Waals surface area (Å²) in [5, 5.41) is 0. The molecule has 2 atom stereocenters. The monoisotopic (exact) mass is 281 g/mol. The van der Waals surface area contributed by atoms with Gasteiger partial charge in [0.15, 0.2) is 0 Å². The van der Waals surface area contributed by atoms with Gasteiger partial charge in [0.2, 0.25) is 0 Å². The highest BCUT2D eigenvalue weighted by molar-refractivity contribution is 5.98. The number of benzene rings is 2. The third kappa shape index (κ3) is 1.44. The van der Waals surface area contributed by atoms with E-state index in [9.17, 15) is 9.18 Å². The van der Waals surface area contributed by atoms with E-state index >= 15 is 0 Å². The average molecular weight is 281 g/mol. The van der Waals surface area contributed by atoms with E-state index in [0.717, 1.165) is 23.1 Å². The zero-order valence-electron chi connectivity index (χ0n) is 12.1. The van der Waals surface area contributed by atoms with Crippen molar-refractivity contribution in [2.45, 2.75) is 24.8 Å². The van der Waals surface area contributed by atoms with Gasteiger partial charge in [-0.1, -0.05) is 37.3 Å². The van der Waals surface area contributed by atoms with Gasteiger partial charge in [-0.05, 0) is 29.7 Å². The van der Waals surface area contributed by atoms with Gasteiger partial charge < -0.3 is 4.90 Å². The van der Waals surface area contributed by atoms with Gasteiger partial charge in [0, 0.05) is 23.6 Å². The van der Waals surface area contributed by atoms with Gasteiger partial charge in [0.05, 0.1) is 6.04 Å². The minimum atomic E-state index is -0.260. The summed E-state index contributed by atoms with van der Waals surface area (Å²) in [7, 11) is 1.78. The molecule has 0 unspecified atom stereocenters. The van der Waals surface area contributed by atoms with E-state index < -0.39 is 0 Å². The smallest absolute Gasteiger partial charge is 0.254 e. The lowest BCUT2D eigenvalue weighted by Crippen LogP contribution is -2.47. The average Bonchev–Trinajstić information content (AvgIpc) is 2.80. The van der Waals surface area contributed by atoms with Crippen LogP contribution in [0.3, 0.4) is 0 Å². The van der Waals surface area contributed by atoms with Crippen LogP contribution in [0.4, 0.5) is 4.39 Å². The van der Waals surface area contributed by atoms with E-state index in [2.05, 4.69) is 6.92 Å². The second-order valence-corrected chi connectivity index (χ2v) is 6.27. The van der Waals surface area contributed by atoms with Gasteiger partial charge in [0.1, 0.15) is 5.82 Å². The normalized spacial score (nSPS) is 26.3. The summed E-state index contributed by atoms with van der Waals surface area (Å²) < 4.78 is 14.4. The number of rotatable bonds is 0. The van der Waals surface area contributed by atoms with E-state index in [-0.39, 0.29) is 23.2 Å². The van der Waals surface area contributed by atoms with Crippen molar-refractivity contribution in [2.24, 2.45) is 0 Å². The topological polar surface area (TPSA) is 20.3 Å². The molecule has 21 heavy (non-hydrogen) atoms. The van der Waals surface area contributed by atoms with Crippen LogP contribution in [-0.4, -0.2) is 17.9 Å². The highest BCUT2D eigenvalue weighted by Gasteiger charge is 2.52. The van der Waals surface area contributed by atoms with E-state index in [1.807, 2.05) is 30.3 Å². The Morgan fingerprint density at radius 3 is 2.76 bits per heavy atom. The van der Waals surface area contributed by atoms with Crippen LogP contribution in [-0.2, 0) is 11.8 Å². The summed E-state index contributed by atoms with van der Waals surface area (Å²) in [6.07, 6.45) is 0.763. The van der Waals surface area contributed by atoms with Crippen molar-refractivity contribution in [2.75, 3.05) is 7.05 Å². The van der Waals surface area contributed by atoms with Crippen molar-refractivity contribution in [3.05, 3.63) is 70.5 Å². The zero-order chi connectivity index (χ0) is 14.8. The highest BCUT2D eigenvalue weighted by atomic mass is 19.1. The van der Waals surface area contributed by atoms with Crippen LogP contribution < -0.4 is 0 Å². The van der Waals surface area contributed by atoms with Crippen LogP contribution in [0.2, 0.25) is 0 Å². The molecule has 1 heterocycles. The van der Waals surface area contributed by atoms with Crippen molar-refractivity contribution in [1.29, 1.82) is 0 Å². The molecular weight excluding hydrogens is 265 g/mol. The first-order chi connectivity index (χ1) is 10.0. The predicted octanol–water partition coefficient (Wildman–Crippen LogP) is 3.47. The van der Waals surface area contributed by atoms with E-state index in [1.54, 1.807) is 18.0 Å². The molecule has 106 valence electrons. The van der Waals surface area contributed by atoms with Crippen molar-refractivity contribution < 1.29 is 9.18 Å². The van der Waals surface area contributed by atoms with E-state index in [1.165, 1.54) is 6.07 Å². The predicted molar refractivity (Wildman–Crippen MR) is 78.7 cm³/mol. The Kier molecular flexibility index (Phi) is 2.36. The number of hydrogen-bond donors (Lipinski definition) is 0. The molecule has 1 aliphatic heterocycles. The fraction of sp³-hybridized carbons (Fsp3) is 0.278. The molecule has 1 amide bonds. The van der Waals surface area contributed by atoms with Crippen molar-refractivity contribution in [3.8, 4) is 0 Å². The van der Waals surface area contributed by atoms with Gasteiger partial charge in [-0.2, -0.15) is 0 Å². The molecule has 3 heteroatoms. The van der Waals surface area contributed by atoms with Crippen molar-refractivity contribution >= 4 is 5.91 Å². The summed E-state index contributed by atoms with van der Waals surface area (Å²) in [6, 6.07) is 12.7. The number of carbonyl (C=O) groups excluding carboxylic acids is 1. The van der Waals surface area contributed by atoms with Gasteiger partial charge in [-0.3, -0.25) is 4.79 Å². The van der Waals surface area contributed by atoms with Crippen LogP contribution in [0.5, 0.6) is 0 Å². The fourth-order valence-corrected chi connectivity index (χ4v) is 4.19. The van der Waals surface area contributed by atoms with Crippen LogP contribution in [0.25, 0.3) is 0 Å². The Labute approximate surface area is 123 Å². The van der Waals surface area contributed by atoms with Gasteiger partial charge in [0.25, 0.3) is 5.91 Å². The third-order valence-electron chi connectivity index (χ3n) is 5.06. The molecule has 0 radical (unpaired) electrons. The van der Waals surface area contributed by atoms with Gasteiger partial charge in [-0.15, -0.1) is 0 Å². The summed E-state index contributed by atoms with van der Waals surface area (Å²) >= 11 is 0. The Morgan fingerprint density at radius 1 is 1.19 bits per heavy atom. The second kappa shape index (κ2) is 3.94. The lowest BCUT2D eigenvalue weighted by atomic mass is 9.71. The molecule has 2 nitrogen and oxygen atoms in total. The number of nitrogens with zero attached hydrogens (tertiary/aromatic N) is 1. The molecule has 0 spiro atoms. The number of amides is 1. The lowest BCUT2D eigenvalue weighted by molar-refractivity contribution is 0.0611. The largest absolute Gasteiger partial charge is 0.334 e. The summed E-state index contributed by atoms with van der Waals surface area (Å²) in [6.45, 7) is 2.14. The SMILES string of the molecule is CN1C(=O)c2ccccc2[C@@]2(C)Cc3cccc(F)c3[C@@H]12. The number of likely N-dealkylation sites (N-methyl/N-ethyl adjacent to an activating group) is 1. The molecule has 1 aliphatic carbocycles. The molecule has 2 aromatic rings. The molecule has 2 aromatic carbocycles. The first-order valence-electron chi connectivity index (χ1n) is 7.18. The number of carbonyl (C=O) groups is 1. The minimum absolute atomic E-state index is 0.0239. The fourth-order valence-electron chi connectivity index (χ4n) is 4.19.